The van der Waals surface area contributed by atoms with Crippen molar-refractivity contribution in [2.24, 2.45) is 0 Å². The van der Waals surface area contributed by atoms with E-state index in [0.29, 0.717) is 0 Å². The van der Waals surface area contributed by atoms with Crippen LogP contribution in [0.4, 0.5) is 0 Å². The van der Waals surface area contributed by atoms with Gasteiger partial charge in [0.05, 0.1) is 23.9 Å². The van der Waals surface area contributed by atoms with E-state index in [1.165, 1.54) is 36.4 Å². The van der Waals surface area contributed by atoms with Crippen LogP contribution in [0.5, 0.6) is 0 Å². The van der Waals surface area contributed by atoms with E-state index in [4.69, 9.17) is 0 Å². The van der Waals surface area contributed by atoms with Crippen molar-refractivity contribution in [3.05, 3.63) is 156 Å². The first-order valence-electron chi connectivity index (χ1n) is 11.6. The molecule has 0 aliphatic rings. The second kappa shape index (κ2) is 22.0. The average Bonchev–Trinajstić information content (AvgIpc) is 2.98. The summed E-state index contributed by atoms with van der Waals surface area (Å²) >= 11 is 0. The van der Waals surface area contributed by atoms with E-state index < -0.39 is 23.9 Å². The molecule has 4 rings (SSSR count). The quantitative estimate of drug-likeness (QED) is 0.205. The molecule has 0 fully saturated rings. The van der Waals surface area contributed by atoms with Crippen molar-refractivity contribution in [3.63, 3.8) is 0 Å². The van der Waals surface area contributed by atoms with E-state index in [1.807, 2.05) is 60.7 Å². The summed E-state index contributed by atoms with van der Waals surface area (Å²) in [5.41, 5.74) is 2.16. The molecule has 0 aromatic heterocycles. The maximum absolute atomic E-state index is 10.1. The Morgan fingerprint density at radius 3 is 0.854 bits per heavy atom. The molecule has 0 saturated carbocycles. The van der Waals surface area contributed by atoms with Crippen LogP contribution in [0.3, 0.4) is 0 Å². The largest absolute Gasteiger partial charge is 0.545 e. The van der Waals surface area contributed by atoms with Gasteiger partial charge in [0.1, 0.15) is 0 Å². The molecule has 0 aliphatic carbocycles. The number of hydrogen-bond donors (Lipinski definition) is 0. The molecule has 0 spiro atoms. The predicted molar refractivity (Wildman–Crippen MR) is 148 cm³/mol. The van der Waals surface area contributed by atoms with Gasteiger partial charge in [0.15, 0.2) is 0 Å². The Hall–Kier alpha value is -4.84. The van der Waals surface area contributed by atoms with E-state index in [-0.39, 0.29) is 38.4 Å². The van der Waals surface area contributed by atoms with Crippen LogP contribution in [0.1, 0.15) is 31.8 Å². The maximum atomic E-state index is 10.1. The van der Waals surface area contributed by atoms with E-state index in [1.54, 1.807) is 36.4 Å². The van der Waals surface area contributed by atoms with Crippen molar-refractivity contribution in [1.82, 2.24) is 0 Å². The number of aliphatic carboxylic acids is 2. The molecule has 4 radical (unpaired) electrons. The third-order valence-corrected chi connectivity index (χ3v) is 4.44. The van der Waals surface area contributed by atoms with Crippen LogP contribution >= 0.6 is 0 Å². The maximum Gasteiger partial charge on any atom is 0.0715 e. The molecule has 208 valence electrons. The van der Waals surface area contributed by atoms with Gasteiger partial charge in [0.2, 0.25) is 0 Å². The van der Waals surface area contributed by atoms with E-state index in [9.17, 15) is 39.6 Å². The van der Waals surface area contributed by atoms with Gasteiger partial charge in [-0.3, -0.25) is 0 Å². The van der Waals surface area contributed by atoms with E-state index in [2.05, 4.69) is 0 Å². The van der Waals surface area contributed by atoms with Crippen molar-refractivity contribution >= 4 is 63.3 Å². The van der Waals surface area contributed by atoms with E-state index in [0.717, 1.165) is 23.3 Å². The molecular formula is C32H24O8Pb-4. The van der Waals surface area contributed by atoms with E-state index >= 15 is 0 Å². The number of hydrogen-bond acceptors (Lipinski definition) is 8. The molecule has 0 heterocycles. The zero-order valence-electron chi connectivity index (χ0n) is 21.6. The van der Waals surface area contributed by atoms with Gasteiger partial charge in [0, 0.05) is 27.3 Å². The second-order valence-electron chi connectivity index (χ2n) is 7.43. The normalized spacial score (nSPS) is 9.37. The van der Waals surface area contributed by atoms with Crippen molar-refractivity contribution < 1.29 is 39.6 Å². The predicted octanol–water partition coefficient (Wildman–Crippen LogP) is 0.619. The molecular weight excluding hydrogens is 720 g/mol. The Bertz CT molecular complexity index is 1260. The summed E-state index contributed by atoms with van der Waals surface area (Å²) in [5.74, 6) is -4.60. The fraction of sp³-hybridized carbons (Fsp3) is 0. The third-order valence-electron chi connectivity index (χ3n) is 4.44. The molecule has 4 aromatic carbocycles. The minimum Gasteiger partial charge on any atom is -0.545 e. The summed E-state index contributed by atoms with van der Waals surface area (Å²) in [6.07, 6.45) is 5.01. The smallest absolute Gasteiger partial charge is 0.0715 e. The summed E-state index contributed by atoms with van der Waals surface area (Å²) in [5, 5.41) is 40.1. The minimum absolute atomic E-state index is 0. The minimum atomic E-state index is -1.17. The number of carbonyl (C=O) groups is 4. The Morgan fingerprint density at radius 1 is 0.415 bits per heavy atom. The van der Waals surface area contributed by atoms with Gasteiger partial charge in [-0.2, -0.15) is 0 Å². The summed E-state index contributed by atoms with van der Waals surface area (Å²) < 4.78 is 0. The standard InChI is InChI=1S/2C9H8O2.2C7H6O2.Pb/c2*10-9(11)7-6-8-4-2-1-3-5-8;2*8-7(9)6-4-2-1-3-5-6;/h2*1-7H,(H,10,11);2*1-5H,(H,8,9);/p-4/b2*7-6+;;;. The SMILES string of the molecule is O=C([O-])/C=C/c1ccccc1.O=C([O-])/C=C/c1ccccc1.O=C([O-])c1ccccc1.O=C([O-])c1ccccc1.[Pb]. The van der Waals surface area contributed by atoms with Crippen molar-refractivity contribution in [3.8, 4) is 0 Å². The summed E-state index contributed by atoms with van der Waals surface area (Å²) in [6, 6.07) is 34.5. The molecule has 0 N–H and O–H groups in total. The van der Waals surface area contributed by atoms with Gasteiger partial charge in [-0.15, -0.1) is 0 Å². The number of rotatable bonds is 6. The first-order valence-corrected chi connectivity index (χ1v) is 11.6. The van der Waals surface area contributed by atoms with Crippen LogP contribution in [0, 0.1) is 0 Å². The third kappa shape index (κ3) is 19.0. The van der Waals surface area contributed by atoms with Gasteiger partial charge >= 0.3 is 0 Å². The number of carboxylic acids is 4. The molecule has 0 amide bonds. The van der Waals surface area contributed by atoms with Gasteiger partial charge in [-0.1, -0.05) is 133 Å². The molecule has 0 aliphatic heterocycles. The monoisotopic (exact) mass is 744 g/mol. The summed E-state index contributed by atoms with van der Waals surface area (Å²) in [7, 11) is 0. The first-order chi connectivity index (χ1) is 19.2. The fourth-order valence-corrected chi connectivity index (χ4v) is 2.61. The van der Waals surface area contributed by atoms with Gasteiger partial charge in [0.25, 0.3) is 0 Å². The average molecular weight is 744 g/mol. The number of carboxylic acid groups (broad SMARTS) is 4. The Balaban J connectivity index is 0.000000518. The number of carbonyl (C=O) groups excluding carboxylic acids is 4. The van der Waals surface area contributed by atoms with Crippen LogP contribution in [-0.4, -0.2) is 51.2 Å². The molecule has 0 unspecified atom stereocenters. The van der Waals surface area contributed by atoms with Crippen LogP contribution in [-0.2, 0) is 9.59 Å². The molecule has 41 heavy (non-hydrogen) atoms. The molecule has 4 aromatic rings. The van der Waals surface area contributed by atoms with Gasteiger partial charge < -0.3 is 39.6 Å². The number of benzene rings is 4. The zero-order chi connectivity index (χ0) is 29.6. The van der Waals surface area contributed by atoms with Gasteiger partial charge in [-0.25, -0.2) is 0 Å². The molecule has 8 nitrogen and oxygen atoms in total. The number of aromatic carboxylic acids is 2. The fourth-order valence-electron chi connectivity index (χ4n) is 2.61. The van der Waals surface area contributed by atoms with Crippen LogP contribution in [0.25, 0.3) is 12.2 Å². The second-order valence-corrected chi connectivity index (χ2v) is 7.43. The van der Waals surface area contributed by atoms with Crippen LogP contribution in [0.15, 0.2) is 133 Å². The van der Waals surface area contributed by atoms with Crippen molar-refractivity contribution in [2.45, 2.75) is 0 Å². The van der Waals surface area contributed by atoms with Gasteiger partial charge in [-0.05, 0) is 34.4 Å². The Morgan fingerprint density at radius 2 is 0.659 bits per heavy atom. The summed E-state index contributed by atoms with van der Waals surface area (Å²) in [6.45, 7) is 0. The Labute approximate surface area is 257 Å². The molecule has 0 atom stereocenters. The summed E-state index contributed by atoms with van der Waals surface area (Å²) in [4.78, 5) is 40.1. The topological polar surface area (TPSA) is 161 Å². The Kier molecular flexibility index (Phi) is 19.4. The van der Waals surface area contributed by atoms with Crippen LogP contribution < -0.4 is 20.4 Å². The van der Waals surface area contributed by atoms with Crippen molar-refractivity contribution in [1.29, 1.82) is 0 Å². The molecule has 9 heteroatoms. The molecule has 0 bridgehead atoms. The van der Waals surface area contributed by atoms with Crippen molar-refractivity contribution in [2.75, 3.05) is 0 Å². The molecule has 0 saturated heterocycles. The van der Waals surface area contributed by atoms with Crippen LogP contribution in [0.2, 0.25) is 0 Å². The first kappa shape index (κ1) is 36.2. The zero-order valence-corrected chi connectivity index (χ0v) is 25.5.